The lowest BCUT2D eigenvalue weighted by Gasteiger charge is -2.21. The van der Waals surface area contributed by atoms with E-state index in [-0.39, 0.29) is 17.3 Å². The number of nitrogens with zero attached hydrogens (tertiary/aromatic N) is 3. The number of amides is 1. The van der Waals surface area contributed by atoms with Gasteiger partial charge in [-0.15, -0.1) is 0 Å². The summed E-state index contributed by atoms with van der Waals surface area (Å²) in [6, 6.07) is 1.47. The van der Waals surface area contributed by atoms with E-state index in [2.05, 4.69) is 20.9 Å². The van der Waals surface area contributed by atoms with Crippen LogP contribution in [-0.4, -0.2) is 55.2 Å². The van der Waals surface area contributed by atoms with Crippen molar-refractivity contribution in [2.45, 2.75) is 17.7 Å². The number of likely N-dealkylation sites (N-methyl/N-ethyl adjacent to an activating group) is 1. The van der Waals surface area contributed by atoms with Crippen LogP contribution < -0.4 is 0 Å². The Morgan fingerprint density at radius 3 is 2.65 bits per heavy atom. The third-order valence-corrected chi connectivity index (χ3v) is 5.41. The summed E-state index contributed by atoms with van der Waals surface area (Å²) in [6.07, 6.45) is 4.75. The van der Waals surface area contributed by atoms with Gasteiger partial charge in [-0.25, -0.2) is 8.42 Å². The van der Waals surface area contributed by atoms with Crippen LogP contribution in [-0.2, 0) is 14.8 Å². The van der Waals surface area contributed by atoms with Crippen LogP contribution in [0.3, 0.4) is 0 Å². The molecule has 1 fully saturated rings. The van der Waals surface area contributed by atoms with E-state index in [1.807, 2.05) is 0 Å². The quantitative estimate of drug-likeness (QED) is 0.804. The van der Waals surface area contributed by atoms with Crippen molar-refractivity contribution in [2.75, 3.05) is 26.7 Å². The summed E-state index contributed by atoms with van der Waals surface area (Å²) in [5.74, 6) is -0.156. The number of rotatable bonds is 4. The van der Waals surface area contributed by atoms with Gasteiger partial charge in [0.2, 0.25) is 15.9 Å². The van der Waals surface area contributed by atoms with Gasteiger partial charge in [-0.05, 0) is 34.8 Å². The summed E-state index contributed by atoms with van der Waals surface area (Å²) in [4.78, 5) is 17.6. The first-order valence-corrected chi connectivity index (χ1v) is 8.49. The van der Waals surface area contributed by atoms with Gasteiger partial charge in [0.1, 0.15) is 4.90 Å². The second kappa shape index (κ2) is 6.19. The lowest BCUT2D eigenvalue weighted by molar-refractivity contribution is -0.130. The number of hydrogen-bond acceptors (Lipinski definition) is 4. The Morgan fingerprint density at radius 1 is 1.40 bits per heavy atom. The average molecular weight is 362 g/mol. The van der Waals surface area contributed by atoms with Gasteiger partial charge in [0.05, 0.1) is 6.54 Å². The van der Waals surface area contributed by atoms with Gasteiger partial charge in [-0.1, -0.05) is 0 Å². The molecule has 110 valence electrons. The zero-order valence-corrected chi connectivity index (χ0v) is 13.5. The van der Waals surface area contributed by atoms with E-state index in [0.717, 1.165) is 17.1 Å². The van der Waals surface area contributed by atoms with Crippen molar-refractivity contribution < 1.29 is 13.2 Å². The Balaban J connectivity index is 2.11. The van der Waals surface area contributed by atoms with Crippen LogP contribution in [0, 0.1) is 0 Å². The minimum atomic E-state index is -3.69. The summed E-state index contributed by atoms with van der Waals surface area (Å²) in [5, 5.41) is 0. The predicted molar refractivity (Wildman–Crippen MR) is 77.6 cm³/mol. The SMILES string of the molecule is CN(CC(=O)N1CCCC1)S(=O)(=O)c1cncc(Br)c1. The van der Waals surface area contributed by atoms with E-state index in [1.54, 1.807) is 4.90 Å². The smallest absolute Gasteiger partial charge is 0.244 e. The van der Waals surface area contributed by atoms with E-state index in [9.17, 15) is 13.2 Å². The fourth-order valence-electron chi connectivity index (χ4n) is 2.06. The minimum Gasteiger partial charge on any atom is -0.342 e. The lowest BCUT2D eigenvalue weighted by Crippen LogP contribution is -2.39. The molecule has 2 rings (SSSR count). The number of carbonyl (C=O) groups excluding carboxylic acids is 1. The van der Waals surface area contributed by atoms with Gasteiger partial charge in [0.25, 0.3) is 0 Å². The van der Waals surface area contributed by atoms with Gasteiger partial charge in [0.15, 0.2) is 0 Å². The molecule has 1 aromatic heterocycles. The molecule has 1 aliphatic rings. The van der Waals surface area contributed by atoms with Crippen molar-refractivity contribution in [3.63, 3.8) is 0 Å². The molecule has 0 aliphatic carbocycles. The monoisotopic (exact) mass is 361 g/mol. The molecule has 0 spiro atoms. The standard InChI is InChI=1S/C12H16BrN3O3S/c1-15(9-12(17)16-4-2-3-5-16)20(18,19)11-6-10(13)7-14-8-11/h6-8H,2-5,9H2,1H3. The van der Waals surface area contributed by atoms with Crippen molar-refractivity contribution in [2.24, 2.45) is 0 Å². The summed E-state index contributed by atoms with van der Waals surface area (Å²) >= 11 is 3.19. The molecule has 20 heavy (non-hydrogen) atoms. The molecule has 1 amide bonds. The first kappa shape index (κ1) is 15.4. The Morgan fingerprint density at radius 2 is 2.05 bits per heavy atom. The Labute approximate surface area is 127 Å². The molecular weight excluding hydrogens is 346 g/mol. The number of hydrogen-bond donors (Lipinski definition) is 0. The molecule has 1 aromatic rings. The molecule has 0 atom stereocenters. The molecule has 0 aromatic carbocycles. The van der Waals surface area contributed by atoms with E-state index in [4.69, 9.17) is 0 Å². The number of aromatic nitrogens is 1. The zero-order valence-electron chi connectivity index (χ0n) is 11.1. The molecule has 6 nitrogen and oxygen atoms in total. The number of sulfonamides is 1. The molecule has 0 unspecified atom stereocenters. The zero-order chi connectivity index (χ0) is 14.8. The number of likely N-dealkylation sites (tertiary alicyclic amines) is 1. The van der Waals surface area contributed by atoms with Crippen molar-refractivity contribution in [1.29, 1.82) is 0 Å². The number of pyridine rings is 1. The van der Waals surface area contributed by atoms with Crippen molar-refractivity contribution in [3.05, 3.63) is 22.9 Å². The highest BCUT2D eigenvalue weighted by atomic mass is 79.9. The third kappa shape index (κ3) is 3.36. The van der Waals surface area contributed by atoms with Crippen molar-refractivity contribution in [3.8, 4) is 0 Å². The molecule has 2 heterocycles. The molecule has 1 saturated heterocycles. The summed E-state index contributed by atoms with van der Waals surface area (Å²) < 4.78 is 26.3. The molecule has 8 heteroatoms. The summed E-state index contributed by atoms with van der Waals surface area (Å²) in [6.45, 7) is 1.28. The van der Waals surface area contributed by atoms with Crippen molar-refractivity contribution >= 4 is 31.9 Å². The first-order valence-electron chi connectivity index (χ1n) is 6.26. The molecular formula is C12H16BrN3O3S. The van der Waals surface area contributed by atoms with Crippen LogP contribution in [0.25, 0.3) is 0 Å². The fraction of sp³-hybridized carbons (Fsp3) is 0.500. The second-order valence-electron chi connectivity index (χ2n) is 4.69. The maximum Gasteiger partial charge on any atom is 0.244 e. The van der Waals surface area contributed by atoms with E-state index >= 15 is 0 Å². The maximum absolute atomic E-state index is 12.3. The van der Waals surface area contributed by atoms with Gasteiger partial charge < -0.3 is 4.90 Å². The van der Waals surface area contributed by atoms with Crippen LogP contribution in [0.15, 0.2) is 27.8 Å². The topological polar surface area (TPSA) is 70.6 Å². The highest BCUT2D eigenvalue weighted by Gasteiger charge is 2.26. The molecule has 0 saturated carbocycles. The average Bonchev–Trinajstić information content (AvgIpc) is 2.92. The number of carbonyl (C=O) groups is 1. The van der Waals surface area contributed by atoms with Gasteiger partial charge >= 0.3 is 0 Å². The summed E-state index contributed by atoms with van der Waals surface area (Å²) in [7, 11) is -2.29. The Bertz CT molecular complexity index is 600. The van der Waals surface area contributed by atoms with E-state index in [0.29, 0.717) is 17.6 Å². The van der Waals surface area contributed by atoms with Gasteiger partial charge in [-0.3, -0.25) is 9.78 Å². The third-order valence-electron chi connectivity index (χ3n) is 3.20. The highest BCUT2D eigenvalue weighted by molar-refractivity contribution is 9.10. The predicted octanol–water partition coefficient (Wildman–Crippen LogP) is 1.09. The van der Waals surface area contributed by atoms with Crippen LogP contribution in [0.1, 0.15) is 12.8 Å². The van der Waals surface area contributed by atoms with Crippen LogP contribution in [0.2, 0.25) is 0 Å². The largest absolute Gasteiger partial charge is 0.342 e. The van der Waals surface area contributed by atoms with Crippen LogP contribution in [0.5, 0.6) is 0 Å². The Kier molecular flexibility index (Phi) is 4.77. The summed E-state index contributed by atoms with van der Waals surface area (Å²) in [5.41, 5.74) is 0. The minimum absolute atomic E-state index is 0.0728. The first-order chi connectivity index (χ1) is 9.41. The lowest BCUT2D eigenvalue weighted by atomic mass is 10.4. The van der Waals surface area contributed by atoms with E-state index < -0.39 is 10.0 Å². The van der Waals surface area contributed by atoms with Crippen LogP contribution in [0.4, 0.5) is 0 Å². The number of halogens is 1. The molecule has 1 aliphatic heterocycles. The van der Waals surface area contributed by atoms with Crippen LogP contribution >= 0.6 is 15.9 Å². The van der Waals surface area contributed by atoms with Gasteiger partial charge in [0, 0.05) is 37.0 Å². The Hall–Kier alpha value is -0.990. The normalized spacial score (nSPS) is 15.8. The molecule has 0 radical (unpaired) electrons. The molecule has 0 N–H and O–H groups in total. The second-order valence-corrected chi connectivity index (χ2v) is 7.65. The fourth-order valence-corrected chi connectivity index (χ4v) is 3.68. The highest BCUT2D eigenvalue weighted by Crippen LogP contribution is 2.18. The maximum atomic E-state index is 12.3. The van der Waals surface area contributed by atoms with E-state index in [1.165, 1.54) is 25.5 Å². The van der Waals surface area contributed by atoms with Crippen molar-refractivity contribution in [1.82, 2.24) is 14.2 Å². The van der Waals surface area contributed by atoms with Gasteiger partial charge in [-0.2, -0.15) is 4.31 Å². The molecule has 0 bridgehead atoms.